The highest BCUT2D eigenvalue weighted by atomic mass is 15.3. The van der Waals surface area contributed by atoms with Gasteiger partial charge in [-0.3, -0.25) is 9.80 Å². The highest BCUT2D eigenvalue weighted by Gasteiger charge is 2.24. The Balaban J connectivity index is 1.32. The number of hydrogen-bond donors (Lipinski definition) is 0. The van der Waals surface area contributed by atoms with E-state index in [0.29, 0.717) is 12.1 Å². The second-order valence-electron chi connectivity index (χ2n) is 10.6. The fourth-order valence-corrected chi connectivity index (χ4v) is 5.84. The van der Waals surface area contributed by atoms with E-state index < -0.39 is 0 Å². The van der Waals surface area contributed by atoms with Gasteiger partial charge >= 0.3 is 0 Å². The Bertz CT molecular complexity index is 901. The third-order valence-electron chi connectivity index (χ3n) is 7.87. The summed E-state index contributed by atoms with van der Waals surface area (Å²) in [5, 5.41) is 0. The van der Waals surface area contributed by atoms with Crippen molar-refractivity contribution in [3.63, 3.8) is 0 Å². The summed E-state index contributed by atoms with van der Waals surface area (Å²) >= 11 is 0. The second kappa shape index (κ2) is 10.5. The topological polar surface area (TPSA) is 13.0 Å². The summed E-state index contributed by atoms with van der Waals surface area (Å²) in [7, 11) is 0. The number of anilines is 2. The zero-order valence-electron chi connectivity index (χ0n) is 21.8. The summed E-state index contributed by atoms with van der Waals surface area (Å²) in [5.41, 5.74) is 8.58. The molecule has 0 amide bonds. The van der Waals surface area contributed by atoms with Crippen molar-refractivity contribution in [2.45, 2.75) is 60.0 Å². The quantitative estimate of drug-likeness (QED) is 0.623. The van der Waals surface area contributed by atoms with Crippen LogP contribution in [0.1, 0.15) is 43.0 Å². The van der Waals surface area contributed by atoms with Crippen molar-refractivity contribution in [3.05, 3.63) is 58.7 Å². The van der Waals surface area contributed by atoms with E-state index in [1.54, 1.807) is 0 Å². The molecule has 2 fully saturated rings. The van der Waals surface area contributed by atoms with Crippen LogP contribution in [0, 0.1) is 20.8 Å². The first-order chi connectivity index (χ1) is 15.8. The number of piperazine rings is 2. The SMILES string of the molecule is Cc1cc(CC(C)N2CCN(c3c(C)cccc3C)CC2)ccc1N1CCN(C(C)C)CC1. The molecule has 2 saturated heterocycles. The maximum absolute atomic E-state index is 2.68. The van der Waals surface area contributed by atoms with Gasteiger partial charge < -0.3 is 9.80 Å². The van der Waals surface area contributed by atoms with E-state index >= 15 is 0 Å². The molecule has 2 aromatic carbocycles. The third-order valence-corrected chi connectivity index (χ3v) is 7.87. The number of aryl methyl sites for hydroxylation is 3. The first-order valence-corrected chi connectivity index (χ1v) is 13.0. The molecule has 4 heteroatoms. The molecule has 2 aliphatic heterocycles. The van der Waals surface area contributed by atoms with Crippen molar-refractivity contribution in [3.8, 4) is 0 Å². The Kier molecular flexibility index (Phi) is 7.65. The van der Waals surface area contributed by atoms with Crippen molar-refractivity contribution >= 4 is 11.4 Å². The van der Waals surface area contributed by atoms with Crippen LogP contribution in [0.4, 0.5) is 11.4 Å². The Labute approximate surface area is 202 Å². The molecule has 2 aromatic rings. The fourth-order valence-electron chi connectivity index (χ4n) is 5.84. The molecule has 0 saturated carbocycles. The molecule has 2 aliphatic rings. The average molecular weight is 449 g/mol. The molecule has 4 rings (SSSR count). The van der Waals surface area contributed by atoms with E-state index in [0.717, 1.165) is 45.7 Å². The van der Waals surface area contributed by atoms with Crippen LogP contribution >= 0.6 is 0 Å². The zero-order valence-corrected chi connectivity index (χ0v) is 21.8. The van der Waals surface area contributed by atoms with E-state index in [1.165, 1.54) is 46.7 Å². The standard InChI is InChI=1S/C29H44N4/c1-22(2)30-12-16-32(17-13-30)28-11-10-27(20-25(28)5)21-26(6)31-14-18-33(19-15-31)29-23(3)8-7-9-24(29)4/h7-11,20,22,26H,12-19,21H2,1-6H3. The first kappa shape index (κ1) is 24.1. The van der Waals surface area contributed by atoms with Crippen LogP contribution in [-0.2, 0) is 6.42 Å². The third kappa shape index (κ3) is 5.55. The molecule has 180 valence electrons. The van der Waals surface area contributed by atoms with Gasteiger partial charge in [0.1, 0.15) is 0 Å². The van der Waals surface area contributed by atoms with E-state index in [2.05, 4.69) is 97.5 Å². The predicted molar refractivity (Wildman–Crippen MR) is 143 cm³/mol. The summed E-state index contributed by atoms with van der Waals surface area (Å²) < 4.78 is 0. The van der Waals surface area contributed by atoms with Gasteiger partial charge in [-0.2, -0.15) is 0 Å². The van der Waals surface area contributed by atoms with Crippen LogP contribution in [0.25, 0.3) is 0 Å². The van der Waals surface area contributed by atoms with Crippen LogP contribution in [-0.4, -0.2) is 74.2 Å². The lowest BCUT2D eigenvalue weighted by Gasteiger charge is -2.40. The van der Waals surface area contributed by atoms with E-state index in [-0.39, 0.29) is 0 Å². The van der Waals surface area contributed by atoms with Gasteiger partial charge in [0.25, 0.3) is 0 Å². The number of benzene rings is 2. The van der Waals surface area contributed by atoms with E-state index in [9.17, 15) is 0 Å². The lowest BCUT2D eigenvalue weighted by molar-refractivity contribution is 0.196. The molecular weight excluding hydrogens is 404 g/mol. The van der Waals surface area contributed by atoms with E-state index in [1.807, 2.05) is 0 Å². The summed E-state index contributed by atoms with van der Waals surface area (Å²) in [6.07, 6.45) is 1.13. The van der Waals surface area contributed by atoms with Gasteiger partial charge in [0, 0.05) is 75.8 Å². The molecule has 2 heterocycles. The number of nitrogens with zero attached hydrogens (tertiary/aromatic N) is 4. The molecule has 0 aromatic heterocycles. The highest BCUT2D eigenvalue weighted by molar-refractivity contribution is 5.59. The minimum atomic E-state index is 0.574. The van der Waals surface area contributed by atoms with E-state index in [4.69, 9.17) is 0 Å². The maximum Gasteiger partial charge on any atom is 0.0426 e. The number of para-hydroxylation sites is 1. The molecular formula is C29H44N4. The van der Waals surface area contributed by atoms with Crippen molar-refractivity contribution in [1.82, 2.24) is 9.80 Å². The van der Waals surface area contributed by atoms with Crippen molar-refractivity contribution in [1.29, 1.82) is 0 Å². The first-order valence-electron chi connectivity index (χ1n) is 13.0. The second-order valence-corrected chi connectivity index (χ2v) is 10.6. The molecule has 0 radical (unpaired) electrons. The smallest absolute Gasteiger partial charge is 0.0426 e. The minimum absolute atomic E-state index is 0.574. The molecule has 1 unspecified atom stereocenters. The minimum Gasteiger partial charge on any atom is -0.369 e. The largest absolute Gasteiger partial charge is 0.369 e. The fraction of sp³-hybridized carbons (Fsp3) is 0.586. The van der Waals surface area contributed by atoms with Crippen LogP contribution < -0.4 is 9.80 Å². The number of rotatable bonds is 6. The van der Waals surface area contributed by atoms with Gasteiger partial charge in [-0.25, -0.2) is 0 Å². The Morgan fingerprint density at radius 3 is 1.82 bits per heavy atom. The van der Waals surface area contributed by atoms with Gasteiger partial charge in [0.2, 0.25) is 0 Å². The molecule has 4 nitrogen and oxygen atoms in total. The van der Waals surface area contributed by atoms with Gasteiger partial charge in [-0.15, -0.1) is 0 Å². The predicted octanol–water partition coefficient (Wildman–Crippen LogP) is 4.90. The lowest BCUT2D eigenvalue weighted by Crippen LogP contribution is -2.50. The Hall–Kier alpha value is -2.04. The Morgan fingerprint density at radius 1 is 0.667 bits per heavy atom. The van der Waals surface area contributed by atoms with Crippen LogP contribution in [0.5, 0.6) is 0 Å². The summed E-state index contributed by atoms with van der Waals surface area (Å²) in [6.45, 7) is 22.9. The summed E-state index contributed by atoms with van der Waals surface area (Å²) in [5.74, 6) is 0. The van der Waals surface area contributed by atoms with Gasteiger partial charge in [-0.1, -0.05) is 30.3 Å². The highest BCUT2D eigenvalue weighted by Crippen LogP contribution is 2.27. The van der Waals surface area contributed by atoms with Crippen LogP contribution in [0.3, 0.4) is 0 Å². The maximum atomic E-state index is 2.68. The van der Waals surface area contributed by atoms with Gasteiger partial charge in [-0.05, 0) is 76.3 Å². The molecule has 0 bridgehead atoms. The lowest BCUT2D eigenvalue weighted by atomic mass is 10.0. The molecule has 0 N–H and O–H groups in total. The van der Waals surface area contributed by atoms with Crippen molar-refractivity contribution in [2.75, 3.05) is 62.2 Å². The normalized spacial score (nSPS) is 19.4. The monoisotopic (exact) mass is 448 g/mol. The average Bonchev–Trinajstić information content (AvgIpc) is 2.79. The summed E-state index contributed by atoms with van der Waals surface area (Å²) in [6, 6.07) is 15.1. The summed E-state index contributed by atoms with van der Waals surface area (Å²) in [4.78, 5) is 10.4. The molecule has 0 spiro atoms. The molecule has 33 heavy (non-hydrogen) atoms. The van der Waals surface area contributed by atoms with Crippen LogP contribution in [0.15, 0.2) is 36.4 Å². The van der Waals surface area contributed by atoms with Gasteiger partial charge in [0.15, 0.2) is 0 Å². The number of hydrogen-bond acceptors (Lipinski definition) is 4. The molecule has 1 atom stereocenters. The Morgan fingerprint density at radius 2 is 1.24 bits per heavy atom. The van der Waals surface area contributed by atoms with Crippen molar-refractivity contribution in [2.24, 2.45) is 0 Å². The van der Waals surface area contributed by atoms with Crippen LogP contribution in [0.2, 0.25) is 0 Å². The van der Waals surface area contributed by atoms with Gasteiger partial charge in [0.05, 0.1) is 0 Å². The van der Waals surface area contributed by atoms with Crippen molar-refractivity contribution < 1.29 is 0 Å². The zero-order chi connectivity index (χ0) is 23.5. The molecule has 0 aliphatic carbocycles.